The minimum absolute atomic E-state index is 0.111. The Morgan fingerprint density at radius 3 is 2.65 bits per heavy atom. The second-order valence-corrected chi connectivity index (χ2v) is 6.49. The molecule has 8 nitrogen and oxygen atoms in total. The summed E-state index contributed by atoms with van der Waals surface area (Å²) in [5.74, 6) is -1.23. The number of aromatic nitrogens is 2. The Bertz CT molecular complexity index is 619. The maximum Gasteiger partial charge on any atom is 0.308 e. The van der Waals surface area contributed by atoms with E-state index in [9.17, 15) is 13.2 Å². The molecular weight excluding hydrogens is 284 g/mol. The molecule has 1 aromatic rings. The molecule has 1 aliphatic rings. The number of carbonyl (C=O) groups is 1. The zero-order valence-electron chi connectivity index (χ0n) is 10.9. The summed E-state index contributed by atoms with van der Waals surface area (Å²) >= 11 is 0. The van der Waals surface area contributed by atoms with Crippen molar-refractivity contribution in [2.24, 2.45) is 17.0 Å². The summed E-state index contributed by atoms with van der Waals surface area (Å²) in [4.78, 5) is 20.5. The lowest BCUT2D eigenvalue weighted by Gasteiger charge is -2.35. The first kappa shape index (κ1) is 14.7. The highest BCUT2D eigenvalue weighted by atomic mass is 32.2. The second-order valence-electron chi connectivity index (χ2n) is 5.01. The molecule has 20 heavy (non-hydrogen) atoms. The molecule has 0 saturated carbocycles. The van der Waals surface area contributed by atoms with Crippen molar-refractivity contribution < 1.29 is 18.3 Å². The van der Waals surface area contributed by atoms with Crippen molar-refractivity contribution in [1.82, 2.24) is 9.97 Å². The van der Waals surface area contributed by atoms with E-state index >= 15 is 0 Å². The molecule has 1 fully saturated rings. The van der Waals surface area contributed by atoms with Crippen LogP contribution in [0.1, 0.15) is 13.3 Å². The minimum atomic E-state index is -4.00. The summed E-state index contributed by atoms with van der Waals surface area (Å²) in [6, 6.07) is 0. The van der Waals surface area contributed by atoms with Gasteiger partial charge in [-0.2, -0.15) is 0 Å². The van der Waals surface area contributed by atoms with Crippen LogP contribution in [-0.2, 0) is 14.8 Å². The number of hydrogen-bond donors (Lipinski definition) is 2. The maximum atomic E-state index is 11.5. The summed E-state index contributed by atoms with van der Waals surface area (Å²) < 4.78 is 23.1. The lowest BCUT2D eigenvalue weighted by molar-refractivity contribution is -0.142. The van der Waals surface area contributed by atoms with E-state index in [4.69, 9.17) is 10.2 Å². The van der Waals surface area contributed by atoms with E-state index in [1.165, 1.54) is 12.4 Å². The zero-order chi connectivity index (χ0) is 14.9. The van der Waals surface area contributed by atoms with Gasteiger partial charge in [-0.05, 0) is 12.3 Å². The highest BCUT2D eigenvalue weighted by Gasteiger charge is 2.32. The third kappa shape index (κ3) is 3.05. The highest BCUT2D eigenvalue weighted by molar-refractivity contribution is 7.89. The van der Waals surface area contributed by atoms with Gasteiger partial charge in [0.2, 0.25) is 5.03 Å². The van der Waals surface area contributed by atoms with Crippen molar-refractivity contribution >= 4 is 21.8 Å². The molecule has 2 heterocycles. The van der Waals surface area contributed by atoms with Crippen LogP contribution in [0.5, 0.6) is 0 Å². The fourth-order valence-corrected chi connectivity index (χ4v) is 3.08. The molecule has 1 saturated heterocycles. The van der Waals surface area contributed by atoms with Gasteiger partial charge in [-0.25, -0.2) is 23.5 Å². The second kappa shape index (κ2) is 5.33. The molecule has 0 bridgehead atoms. The van der Waals surface area contributed by atoms with Gasteiger partial charge in [0, 0.05) is 25.5 Å². The van der Waals surface area contributed by atoms with Crippen LogP contribution in [0.2, 0.25) is 0 Å². The smallest absolute Gasteiger partial charge is 0.308 e. The molecule has 3 N–H and O–H groups in total. The number of nitrogens with two attached hydrogens (primary N) is 1. The van der Waals surface area contributed by atoms with E-state index in [0.717, 1.165) is 0 Å². The molecule has 2 unspecified atom stereocenters. The van der Waals surface area contributed by atoms with Crippen LogP contribution in [0.4, 0.5) is 5.82 Å². The quantitative estimate of drug-likeness (QED) is 0.782. The SMILES string of the molecule is CC1CC(C(=O)O)CN(c2nccnc2S(N)(=O)=O)C1. The first-order valence-corrected chi connectivity index (χ1v) is 7.65. The summed E-state index contributed by atoms with van der Waals surface area (Å²) in [7, 11) is -4.00. The van der Waals surface area contributed by atoms with Gasteiger partial charge < -0.3 is 10.0 Å². The normalized spacial score (nSPS) is 23.6. The van der Waals surface area contributed by atoms with Crippen LogP contribution in [0.15, 0.2) is 17.4 Å². The Labute approximate surface area is 116 Å². The van der Waals surface area contributed by atoms with Crippen molar-refractivity contribution in [2.45, 2.75) is 18.4 Å². The van der Waals surface area contributed by atoms with Gasteiger partial charge in [-0.1, -0.05) is 6.92 Å². The Balaban J connectivity index is 2.39. The van der Waals surface area contributed by atoms with Crippen molar-refractivity contribution in [2.75, 3.05) is 18.0 Å². The molecule has 9 heteroatoms. The Hall–Kier alpha value is -1.74. The van der Waals surface area contributed by atoms with Gasteiger partial charge in [-0.3, -0.25) is 4.79 Å². The van der Waals surface area contributed by atoms with Crippen molar-refractivity contribution in [3.8, 4) is 0 Å². The fourth-order valence-electron chi connectivity index (χ4n) is 2.44. The average molecular weight is 300 g/mol. The van der Waals surface area contributed by atoms with Crippen LogP contribution in [0.3, 0.4) is 0 Å². The number of carboxylic acids is 1. The molecule has 0 amide bonds. The summed E-state index contributed by atoms with van der Waals surface area (Å²) in [6.07, 6.45) is 3.15. The van der Waals surface area contributed by atoms with Gasteiger partial charge in [0.1, 0.15) is 0 Å². The predicted molar refractivity (Wildman–Crippen MR) is 70.5 cm³/mol. The van der Waals surface area contributed by atoms with E-state index in [2.05, 4.69) is 9.97 Å². The largest absolute Gasteiger partial charge is 0.481 e. The highest BCUT2D eigenvalue weighted by Crippen LogP contribution is 2.28. The van der Waals surface area contributed by atoms with E-state index in [0.29, 0.717) is 13.0 Å². The Morgan fingerprint density at radius 2 is 2.05 bits per heavy atom. The van der Waals surface area contributed by atoms with Crippen molar-refractivity contribution in [3.63, 3.8) is 0 Å². The van der Waals surface area contributed by atoms with Gasteiger partial charge in [0.25, 0.3) is 10.0 Å². The summed E-state index contributed by atoms with van der Waals surface area (Å²) in [6.45, 7) is 2.63. The van der Waals surface area contributed by atoms with Crippen molar-refractivity contribution in [3.05, 3.63) is 12.4 Å². The minimum Gasteiger partial charge on any atom is -0.481 e. The van der Waals surface area contributed by atoms with Crippen LogP contribution in [-0.4, -0.2) is 42.6 Å². The number of hydrogen-bond acceptors (Lipinski definition) is 6. The average Bonchev–Trinajstić information content (AvgIpc) is 2.37. The van der Waals surface area contributed by atoms with Crippen LogP contribution in [0, 0.1) is 11.8 Å². The number of nitrogens with zero attached hydrogens (tertiary/aromatic N) is 3. The molecular formula is C11H16N4O4S. The molecule has 1 aromatic heterocycles. The Kier molecular flexibility index (Phi) is 3.91. The Morgan fingerprint density at radius 1 is 1.40 bits per heavy atom. The molecule has 0 spiro atoms. The van der Waals surface area contributed by atoms with Gasteiger partial charge >= 0.3 is 5.97 Å². The lowest BCUT2D eigenvalue weighted by Crippen LogP contribution is -2.43. The standard InChI is InChI=1S/C11H16N4O4S/c1-7-4-8(11(16)17)6-15(5-7)9-10(20(12,18)19)14-3-2-13-9/h2-3,7-8H,4-6H2,1H3,(H,16,17)(H2,12,18,19). The number of sulfonamides is 1. The number of aliphatic carboxylic acids is 1. The number of rotatable bonds is 3. The zero-order valence-corrected chi connectivity index (χ0v) is 11.7. The molecule has 110 valence electrons. The first-order chi connectivity index (χ1) is 9.29. The van der Waals surface area contributed by atoms with Gasteiger partial charge in [-0.15, -0.1) is 0 Å². The molecule has 0 aromatic carbocycles. The van der Waals surface area contributed by atoms with E-state index in [-0.39, 0.29) is 23.3 Å². The number of primary sulfonamides is 1. The maximum absolute atomic E-state index is 11.5. The topological polar surface area (TPSA) is 126 Å². The molecule has 0 aliphatic carbocycles. The van der Waals surface area contributed by atoms with Crippen molar-refractivity contribution in [1.29, 1.82) is 0 Å². The van der Waals surface area contributed by atoms with E-state index in [1.54, 1.807) is 4.90 Å². The van der Waals surface area contributed by atoms with E-state index in [1.807, 2.05) is 6.92 Å². The van der Waals surface area contributed by atoms with Crippen LogP contribution < -0.4 is 10.0 Å². The first-order valence-electron chi connectivity index (χ1n) is 6.10. The van der Waals surface area contributed by atoms with Gasteiger partial charge in [0.05, 0.1) is 5.92 Å². The number of anilines is 1. The summed E-state index contributed by atoms with van der Waals surface area (Å²) in [5, 5.41) is 13.9. The summed E-state index contributed by atoms with van der Waals surface area (Å²) in [5.41, 5.74) is 0. The van der Waals surface area contributed by atoms with Crippen LogP contribution in [0.25, 0.3) is 0 Å². The predicted octanol–water partition coefficient (Wildman–Crippen LogP) is -0.329. The lowest BCUT2D eigenvalue weighted by atomic mass is 9.90. The molecule has 2 rings (SSSR count). The molecule has 0 radical (unpaired) electrons. The number of piperidine rings is 1. The molecule has 1 aliphatic heterocycles. The van der Waals surface area contributed by atoms with E-state index < -0.39 is 21.9 Å². The monoisotopic (exact) mass is 300 g/mol. The van der Waals surface area contributed by atoms with Crippen LogP contribution >= 0.6 is 0 Å². The third-order valence-electron chi connectivity index (χ3n) is 3.22. The fraction of sp³-hybridized carbons (Fsp3) is 0.545. The number of carboxylic acid groups (broad SMARTS) is 1. The molecule has 2 atom stereocenters. The third-order valence-corrected chi connectivity index (χ3v) is 4.05. The van der Waals surface area contributed by atoms with Gasteiger partial charge in [0.15, 0.2) is 5.82 Å².